The van der Waals surface area contributed by atoms with E-state index in [1.165, 1.54) is 5.56 Å². The van der Waals surface area contributed by atoms with E-state index in [1.54, 1.807) is 0 Å². The standard InChI is InChI=1S/C21H26N2O3/c1-5-17-6-8-18(9-7-17)26-13-20(25)22-12-19(24)23-21-15(3)10-14(2)11-16(21)4/h6-11H,5,12-13H2,1-4H3,(H,22,25)(H,23,24). The third-order valence-corrected chi connectivity index (χ3v) is 4.09. The number of benzene rings is 2. The third kappa shape index (κ3) is 5.62. The number of amides is 2. The summed E-state index contributed by atoms with van der Waals surface area (Å²) in [6.07, 6.45) is 0.954. The molecule has 0 bridgehead atoms. The number of aryl methyl sites for hydroxylation is 4. The highest BCUT2D eigenvalue weighted by molar-refractivity contribution is 5.95. The molecule has 5 heteroatoms. The average Bonchev–Trinajstić information content (AvgIpc) is 2.61. The highest BCUT2D eigenvalue weighted by Crippen LogP contribution is 2.21. The van der Waals surface area contributed by atoms with E-state index in [0.717, 1.165) is 28.8 Å². The average molecular weight is 354 g/mol. The second-order valence-corrected chi connectivity index (χ2v) is 6.38. The molecule has 2 N–H and O–H groups in total. The molecule has 0 spiro atoms. The molecule has 0 aliphatic heterocycles. The van der Waals surface area contributed by atoms with Crippen LogP contribution in [-0.2, 0) is 16.0 Å². The number of nitrogens with one attached hydrogen (secondary N) is 2. The van der Waals surface area contributed by atoms with Crippen LogP contribution in [0.2, 0.25) is 0 Å². The fourth-order valence-corrected chi connectivity index (χ4v) is 2.76. The van der Waals surface area contributed by atoms with E-state index in [2.05, 4.69) is 17.6 Å². The van der Waals surface area contributed by atoms with Crippen molar-refractivity contribution >= 4 is 17.5 Å². The van der Waals surface area contributed by atoms with Gasteiger partial charge in [-0.25, -0.2) is 0 Å². The minimum Gasteiger partial charge on any atom is -0.484 e. The highest BCUT2D eigenvalue weighted by atomic mass is 16.5. The number of anilines is 1. The van der Waals surface area contributed by atoms with Crippen molar-refractivity contribution in [3.8, 4) is 5.75 Å². The molecule has 0 aromatic heterocycles. The first-order valence-electron chi connectivity index (χ1n) is 8.75. The van der Waals surface area contributed by atoms with Crippen molar-refractivity contribution in [2.45, 2.75) is 34.1 Å². The molecule has 26 heavy (non-hydrogen) atoms. The molecule has 0 atom stereocenters. The van der Waals surface area contributed by atoms with E-state index in [-0.39, 0.29) is 25.0 Å². The molecule has 5 nitrogen and oxygen atoms in total. The number of ether oxygens (including phenoxy) is 1. The van der Waals surface area contributed by atoms with Crippen LogP contribution in [0.1, 0.15) is 29.2 Å². The van der Waals surface area contributed by atoms with Crippen LogP contribution in [0.4, 0.5) is 5.69 Å². The summed E-state index contributed by atoms with van der Waals surface area (Å²) in [7, 11) is 0. The predicted octanol–water partition coefficient (Wildman–Crippen LogP) is 3.31. The zero-order valence-electron chi connectivity index (χ0n) is 15.8. The monoisotopic (exact) mass is 354 g/mol. The van der Waals surface area contributed by atoms with E-state index in [9.17, 15) is 9.59 Å². The van der Waals surface area contributed by atoms with E-state index >= 15 is 0 Å². The topological polar surface area (TPSA) is 67.4 Å². The van der Waals surface area contributed by atoms with Crippen molar-refractivity contribution in [2.75, 3.05) is 18.5 Å². The van der Waals surface area contributed by atoms with E-state index < -0.39 is 0 Å². The van der Waals surface area contributed by atoms with Gasteiger partial charge >= 0.3 is 0 Å². The Bertz CT molecular complexity index is 759. The molecule has 0 unspecified atom stereocenters. The second-order valence-electron chi connectivity index (χ2n) is 6.38. The van der Waals surface area contributed by atoms with Crippen molar-refractivity contribution in [3.63, 3.8) is 0 Å². The second kappa shape index (κ2) is 9.04. The summed E-state index contributed by atoms with van der Waals surface area (Å²) in [4.78, 5) is 23.9. The quantitative estimate of drug-likeness (QED) is 0.802. The molecule has 0 aliphatic carbocycles. The maximum absolute atomic E-state index is 12.1. The van der Waals surface area contributed by atoms with Gasteiger partial charge in [-0.1, -0.05) is 36.8 Å². The van der Waals surface area contributed by atoms with Crippen molar-refractivity contribution < 1.29 is 14.3 Å². The third-order valence-electron chi connectivity index (χ3n) is 4.09. The SMILES string of the molecule is CCc1ccc(OCC(=O)NCC(=O)Nc2c(C)cc(C)cc2C)cc1. The molecule has 2 aromatic rings. The highest BCUT2D eigenvalue weighted by Gasteiger charge is 2.10. The molecule has 2 aromatic carbocycles. The Kier molecular flexibility index (Phi) is 6.78. The fraction of sp³-hybridized carbons (Fsp3) is 0.333. The first-order valence-corrected chi connectivity index (χ1v) is 8.75. The Balaban J connectivity index is 1.78. The number of carbonyl (C=O) groups excluding carboxylic acids is 2. The lowest BCUT2D eigenvalue weighted by Crippen LogP contribution is -2.36. The van der Waals surface area contributed by atoms with Crippen LogP contribution in [0.3, 0.4) is 0 Å². The van der Waals surface area contributed by atoms with Crippen LogP contribution in [0.5, 0.6) is 5.75 Å². The molecule has 2 amide bonds. The zero-order valence-corrected chi connectivity index (χ0v) is 15.8. The van der Waals surface area contributed by atoms with E-state index in [1.807, 2.05) is 57.2 Å². The summed E-state index contributed by atoms with van der Waals surface area (Å²) < 4.78 is 5.43. The lowest BCUT2D eigenvalue weighted by molar-refractivity contribution is -0.125. The summed E-state index contributed by atoms with van der Waals surface area (Å²) in [6.45, 7) is 7.78. The lowest BCUT2D eigenvalue weighted by Gasteiger charge is -2.13. The van der Waals surface area contributed by atoms with Gasteiger partial charge in [0.05, 0.1) is 6.54 Å². The number of hydrogen-bond acceptors (Lipinski definition) is 3. The number of carbonyl (C=O) groups is 2. The van der Waals surface area contributed by atoms with Crippen LogP contribution in [-0.4, -0.2) is 25.0 Å². The summed E-state index contributed by atoms with van der Waals surface area (Å²) in [6, 6.07) is 11.6. The van der Waals surface area contributed by atoms with Gasteiger partial charge in [-0.05, 0) is 56.0 Å². The minimum absolute atomic E-state index is 0.0935. The van der Waals surface area contributed by atoms with Crippen molar-refractivity contribution in [1.82, 2.24) is 5.32 Å². The van der Waals surface area contributed by atoms with Gasteiger partial charge in [0, 0.05) is 5.69 Å². The smallest absolute Gasteiger partial charge is 0.258 e. The molecule has 2 rings (SSSR count). The summed E-state index contributed by atoms with van der Waals surface area (Å²) in [5.41, 5.74) is 5.15. The van der Waals surface area contributed by atoms with Crippen molar-refractivity contribution in [3.05, 3.63) is 58.7 Å². The molecular formula is C21H26N2O3. The Hall–Kier alpha value is -2.82. The number of hydrogen-bond donors (Lipinski definition) is 2. The van der Waals surface area contributed by atoms with Gasteiger partial charge in [0.25, 0.3) is 5.91 Å². The van der Waals surface area contributed by atoms with E-state index in [0.29, 0.717) is 5.75 Å². The molecule has 0 saturated carbocycles. The Labute approximate surface area is 154 Å². The molecule has 0 fully saturated rings. The molecule has 138 valence electrons. The van der Waals surface area contributed by atoms with Gasteiger partial charge in [0.2, 0.25) is 5.91 Å². The van der Waals surface area contributed by atoms with Crippen LogP contribution in [0, 0.1) is 20.8 Å². The predicted molar refractivity (Wildman–Crippen MR) is 104 cm³/mol. The molecular weight excluding hydrogens is 328 g/mol. The van der Waals surface area contributed by atoms with Gasteiger partial charge in [-0.15, -0.1) is 0 Å². The summed E-state index contributed by atoms with van der Waals surface area (Å²) in [5, 5.41) is 5.42. The van der Waals surface area contributed by atoms with Gasteiger partial charge in [-0.2, -0.15) is 0 Å². The first kappa shape index (κ1) is 19.5. The molecule has 0 aliphatic rings. The normalized spacial score (nSPS) is 10.3. The number of rotatable bonds is 7. The van der Waals surface area contributed by atoms with Gasteiger partial charge in [0.1, 0.15) is 5.75 Å². The van der Waals surface area contributed by atoms with Crippen LogP contribution < -0.4 is 15.4 Å². The Morgan fingerprint density at radius 1 is 0.962 bits per heavy atom. The Morgan fingerprint density at radius 3 is 2.15 bits per heavy atom. The van der Waals surface area contributed by atoms with Gasteiger partial charge < -0.3 is 15.4 Å². The van der Waals surface area contributed by atoms with Crippen LogP contribution >= 0.6 is 0 Å². The first-order chi connectivity index (χ1) is 12.4. The molecule has 0 radical (unpaired) electrons. The largest absolute Gasteiger partial charge is 0.484 e. The summed E-state index contributed by atoms with van der Waals surface area (Å²) >= 11 is 0. The summed E-state index contributed by atoms with van der Waals surface area (Å²) in [5.74, 6) is 0.0328. The Morgan fingerprint density at radius 2 is 1.58 bits per heavy atom. The maximum Gasteiger partial charge on any atom is 0.258 e. The van der Waals surface area contributed by atoms with Gasteiger partial charge in [0.15, 0.2) is 6.61 Å². The van der Waals surface area contributed by atoms with E-state index in [4.69, 9.17) is 4.74 Å². The molecule has 0 saturated heterocycles. The van der Waals surface area contributed by atoms with Crippen molar-refractivity contribution in [1.29, 1.82) is 0 Å². The lowest BCUT2D eigenvalue weighted by atomic mass is 10.1. The zero-order chi connectivity index (χ0) is 19.1. The van der Waals surface area contributed by atoms with Gasteiger partial charge in [-0.3, -0.25) is 9.59 Å². The maximum atomic E-state index is 12.1. The van der Waals surface area contributed by atoms with Crippen LogP contribution in [0.15, 0.2) is 36.4 Å². The van der Waals surface area contributed by atoms with Crippen molar-refractivity contribution in [2.24, 2.45) is 0 Å². The van der Waals surface area contributed by atoms with Crippen LogP contribution in [0.25, 0.3) is 0 Å². The fourth-order valence-electron chi connectivity index (χ4n) is 2.76. The molecule has 0 heterocycles. The minimum atomic E-state index is -0.336.